The van der Waals surface area contributed by atoms with Gasteiger partial charge in [0.2, 0.25) is 0 Å². The largest absolute Gasteiger partial charge is 0.481 e. The number of hydrogen-bond donors (Lipinski definition) is 1. The van der Waals surface area contributed by atoms with Gasteiger partial charge in [-0.3, -0.25) is 4.79 Å². The van der Waals surface area contributed by atoms with Gasteiger partial charge in [0.15, 0.2) is 0 Å². The van der Waals surface area contributed by atoms with E-state index in [1.54, 1.807) is 0 Å². The van der Waals surface area contributed by atoms with Crippen molar-refractivity contribution >= 4 is 5.97 Å². The van der Waals surface area contributed by atoms with E-state index < -0.39 is 5.97 Å². The number of rotatable bonds is 19. The molecule has 0 heterocycles. The van der Waals surface area contributed by atoms with Crippen LogP contribution in [0.2, 0.25) is 0 Å². The van der Waals surface area contributed by atoms with E-state index in [1.807, 2.05) is 14.1 Å². The van der Waals surface area contributed by atoms with Crippen LogP contribution in [0, 0.1) is 5.92 Å². The molecule has 1 N–H and O–H groups in total. The van der Waals surface area contributed by atoms with E-state index in [-0.39, 0.29) is 12.0 Å². The molecule has 3 heteroatoms. The lowest BCUT2D eigenvalue weighted by molar-refractivity contribution is -0.144. The van der Waals surface area contributed by atoms with Gasteiger partial charge >= 0.3 is 5.97 Å². The summed E-state index contributed by atoms with van der Waals surface area (Å²) in [6.45, 7) is 4.36. The molecule has 0 aromatic heterocycles. The van der Waals surface area contributed by atoms with Crippen LogP contribution >= 0.6 is 0 Å². The Kier molecular flexibility index (Phi) is 17.4. The lowest BCUT2D eigenvalue weighted by Gasteiger charge is -2.28. The van der Waals surface area contributed by atoms with Gasteiger partial charge < -0.3 is 10.0 Å². The highest BCUT2D eigenvalue weighted by Crippen LogP contribution is 2.21. The number of unbranched alkanes of at least 4 members (excludes halogenated alkanes) is 13. The van der Waals surface area contributed by atoms with E-state index in [9.17, 15) is 9.90 Å². The maximum atomic E-state index is 11.5. The zero-order chi connectivity index (χ0) is 19.6. The third-order valence-corrected chi connectivity index (χ3v) is 5.73. The average Bonchev–Trinajstić information content (AvgIpc) is 2.60. The molecule has 0 spiro atoms. The van der Waals surface area contributed by atoms with Crippen molar-refractivity contribution in [3.63, 3.8) is 0 Å². The molecule has 26 heavy (non-hydrogen) atoms. The van der Waals surface area contributed by atoms with E-state index in [1.165, 1.54) is 83.5 Å². The lowest BCUT2D eigenvalue weighted by atomic mass is 9.90. The van der Waals surface area contributed by atoms with Gasteiger partial charge in [-0.25, -0.2) is 0 Å². The van der Waals surface area contributed by atoms with Gasteiger partial charge in [0.25, 0.3) is 0 Å². The predicted molar refractivity (Wildman–Crippen MR) is 114 cm³/mol. The molecule has 0 aliphatic carbocycles. The number of hydrogen-bond acceptors (Lipinski definition) is 2. The van der Waals surface area contributed by atoms with Crippen LogP contribution in [0.4, 0.5) is 0 Å². The molecule has 0 saturated carbocycles. The van der Waals surface area contributed by atoms with Crippen LogP contribution in [0.25, 0.3) is 0 Å². The summed E-state index contributed by atoms with van der Waals surface area (Å²) in [6.07, 6.45) is 20.5. The molecule has 0 rings (SSSR count). The highest BCUT2D eigenvalue weighted by molar-refractivity contribution is 5.70. The van der Waals surface area contributed by atoms with E-state index in [0.29, 0.717) is 0 Å². The third-order valence-electron chi connectivity index (χ3n) is 5.73. The summed E-state index contributed by atoms with van der Waals surface area (Å²) in [5.74, 6) is -0.840. The van der Waals surface area contributed by atoms with E-state index in [0.717, 1.165) is 19.3 Å². The molecule has 0 aliphatic rings. The Hall–Kier alpha value is -0.570. The SMILES string of the molecule is CCCCCCCCCCCCCCCCC(C(=O)O)C(CC)N(C)C. The van der Waals surface area contributed by atoms with Crippen LogP contribution in [-0.2, 0) is 4.79 Å². The first kappa shape index (κ1) is 25.4. The lowest BCUT2D eigenvalue weighted by Crippen LogP contribution is -2.38. The molecular formula is C23H47NO2. The van der Waals surface area contributed by atoms with Crippen molar-refractivity contribution in [2.45, 2.75) is 123 Å². The van der Waals surface area contributed by atoms with Gasteiger partial charge in [-0.15, -0.1) is 0 Å². The maximum Gasteiger partial charge on any atom is 0.308 e. The first-order chi connectivity index (χ1) is 12.5. The van der Waals surface area contributed by atoms with Crippen molar-refractivity contribution in [3.8, 4) is 0 Å². The summed E-state index contributed by atoms with van der Waals surface area (Å²) in [5.41, 5.74) is 0. The second-order valence-corrected chi connectivity index (χ2v) is 8.27. The number of carboxylic acids is 1. The number of carbonyl (C=O) groups is 1. The molecule has 0 aromatic rings. The molecule has 0 aliphatic heterocycles. The minimum atomic E-state index is -0.625. The predicted octanol–water partition coefficient (Wildman–Crippen LogP) is 6.90. The molecule has 0 aromatic carbocycles. The first-order valence-electron chi connectivity index (χ1n) is 11.4. The van der Waals surface area contributed by atoms with Crippen molar-refractivity contribution in [1.29, 1.82) is 0 Å². The fraction of sp³-hybridized carbons (Fsp3) is 0.957. The topological polar surface area (TPSA) is 40.5 Å². The van der Waals surface area contributed by atoms with Gasteiger partial charge in [-0.05, 0) is 26.9 Å². The molecule has 3 nitrogen and oxygen atoms in total. The summed E-state index contributed by atoms with van der Waals surface area (Å²) >= 11 is 0. The molecule has 2 unspecified atom stereocenters. The highest BCUT2D eigenvalue weighted by atomic mass is 16.4. The molecule has 0 radical (unpaired) electrons. The number of nitrogens with zero attached hydrogens (tertiary/aromatic N) is 1. The fourth-order valence-corrected chi connectivity index (χ4v) is 4.05. The van der Waals surface area contributed by atoms with Gasteiger partial charge in [0, 0.05) is 6.04 Å². The molecule has 156 valence electrons. The third kappa shape index (κ3) is 13.6. The molecule has 0 amide bonds. The van der Waals surface area contributed by atoms with Crippen molar-refractivity contribution in [3.05, 3.63) is 0 Å². The summed E-state index contributed by atoms with van der Waals surface area (Å²) in [5, 5.41) is 9.50. The van der Waals surface area contributed by atoms with Crippen LogP contribution in [-0.4, -0.2) is 36.1 Å². The van der Waals surface area contributed by atoms with Crippen LogP contribution in [0.3, 0.4) is 0 Å². The summed E-state index contributed by atoms with van der Waals surface area (Å²) in [4.78, 5) is 13.6. The van der Waals surface area contributed by atoms with E-state index in [4.69, 9.17) is 0 Å². The van der Waals surface area contributed by atoms with Gasteiger partial charge in [0.1, 0.15) is 0 Å². The van der Waals surface area contributed by atoms with Crippen molar-refractivity contribution in [1.82, 2.24) is 4.90 Å². The molecule has 0 bridgehead atoms. The average molecular weight is 370 g/mol. The Morgan fingerprint density at radius 3 is 1.42 bits per heavy atom. The van der Waals surface area contributed by atoms with Crippen LogP contribution in [0.15, 0.2) is 0 Å². The number of aliphatic carboxylic acids is 1. The molecule has 2 atom stereocenters. The monoisotopic (exact) mass is 369 g/mol. The minimum Gasteiger partial charge on any atom is -0.481 e. The molecule has 0 fully saturated rings. The zero-order valence-electron chi connectivity index (χ0n) is 18.3. The summed E-state index contributed by atoms with van der Waals surface area (Å²) < 4.78 is 0. The van der Waals surface area contributed by atoms with Crippen molar-refractivity contribution < 1.29 is 9.90 Å². The maximum absolute atomic E-state index is 11.5. The quantitative estimate of drug-likeness (QED) is 0.252. The van der Waals surface area contributed by atoms with Gasteiger partial charge in [-0.1, -0.05) is 104 Å². The zero-order valence-corrected chi connectivity index (χ0v) is 18.3. The highest BCUT2D eigenvalue weighted by Gasteiger charge is 2.27. The first-order valence-corrected chi connectivity index (χ1v) is 11.4. The standard InChI is InChI=1S/C23H47NO2/c1-5-7-8-9-10-11-12-13-14-15-16-17-18-19-20-21(23(25)26)22(6-2)24(3)4/h21-22H,5-20H2,1-4H3,(H,25,26). The van der Waals surface area contributed by atoms with E-state index >= 15 is 0 Å². The van der Waals surface area contributed by atoms with Gasteiger partial charge in [-0.2, -0.15) is 0 Å². The Bertz CT molecular complexity index is 317. The Morgan fingerprint density at radius 2 is 1.12 bits per heavy atom. The van der Waals surface area contributed by atoms with Crippen LogP contribution in [0.5, 0.6) is 0 Å². The van der Waals surface area contributed by atoms with Crippen molar-refractivity contribution in [2.75, 3.05) is 14.1 Å². The Morgan fingerprint density at radius 1 is 0.731 bits per heavy atom. The second kappa shape index (κ2) is 17.8. The molecular weight excluding hydrogens is 322 g/mol. The normalized spacial score (nSPS) is 13.9. The fourth-order valence-electron chi connectivity index (χ4n) is 4.05. The van der Waals surface area contributed by atoms with Crippen molar-refractivity contribution in [2.24, 2.45) is 5.92 Å². The smallest absolute Gasteiger partial charge is 0.308 e. The Labute approximate surface area is 163 Å². The number of carboxylic acid groups (broad SMARTS) is 1. The summed E-state index contributed by atoms with van der Waals surface area (Å²) in [7, 11) is 3.99. The van der Waals surface area contributed by atoms with Crippen LogP contribution in [0.1, 0.15) is 117 Å². The van der Waals surface area contributed by atoms with E-state index in [2.05, 4.69) is 18.7 Å². The second-order valence-electron chi connectivity index (χ2n) is 8.27. The minimum absolute atomic E-state index is 0.162. The van der Waals surface area contributed by atoms with Crippen LogP contribution < -0.4 is 0 Å². The van der Waals surface area contributed by atoms with Gasteiger partial charge in [0.05, 0.1) is 5.92 Å². The molecule has 0 saturated heterocycles. The summed E-state index contributed by atoms with van der Waals surface area (Å²) in [6, 6.07) is 0.162. The Balaban J connectivity index is 3.53.